The standard InChI is InChI=1S/C19H17N5O/c20-10-13-9-16(22-11-13)19(25)23-18-15-4-2-1-3-14(15)5-6-17(18)24-8-7-21-12-24/h1-4,7-9,11-12,17-18,22H,5-6H2,(H,23,25)/t17-,18+/m0/s1. The van der Waals surface area contributed by atoms with Gasteiger partial charge in [-0.2, -0.15) is 5.26 Å². The van der Waals surface area contributed by atoms with Gasteiger partial charge in [0, 0.05) is 18.6 Å². The van der Waals surface area contributed by atoms with E-state index in [4.69, 9.17) is 5.26 Å². The molecule has 1 amide bonds. The van der Waals surface area contributed by atoms with E-state index in [0.29, 0.717) is 11.3 Å². The quantitative estimate of drug-likeness (QED) is 0.773. The van der Waals surface area contributed by atoms with Crippen molar-refractivity contribution in [1.82, 2.24) is 19.9 Å². The van der Waals surface area contributed by atoms with Crippen molar-refractivity contribution in [2.45, 2.75) is 24.9 Å². The van der Waals surface area contributed by atoms with Crippen molar-refractivity contribution in [1.29, 1.82) is 5.26 Å². The van der Waals surface area contributed by atoms with Crippen LogP contribution in [0.15, 0.2) is 55.2 Å². The van der Waals surface area contributed by atoms with E-state index >= 15 is 0 Å². The van der Waals surface area contributed by atoms with Gasteiger partial charge >= 0.3 is 0 Å². The van der Waals surface area contributed by atoms with Crippen LogP contribution in [0.1, 0.15) is 45.7 Å². The highest BCUT2D eigenvalue weighted by Gasteiger charge is 2.32. The zero-order valence-corrected chi connectivity index (χ0v) is 13.5. The molecule has 4 rings (SSSR count). The maximum absolute atomic E-state index is 12.7. The van der Waals surface area contributed by atoms with Gasteiger partial charge in [-0.15, -0.1) is 0 Å². The number of aromatic nitrogens is 3. The van der Waals surface area contributed by atoms with Crippen molar-refractivity contribution >= 4 is 5.91 Å². The maximum atomic E-state index is 12.7. The van der Waals surface area contributed by atoms with Gasteiger partial charge in [0.25, 0.3) is 5.91 Å². The summed E-state index contributed by atoms with van der Waals surface area (Å²) in [7, 11) is 0. The zero-order chi connectivity index (χ0) is 17.2. The molecule has 0 aliphatic heterocycles. The molecule has 2 heterocycles. The summed E-state index contributed by atoms with van der Waals surface area (Å²) in [5, 5.41) is 12.1. The number of aromatic amines is 1. The first-order valence-electron chi connectivity index (χ1n) is 8.21. The van der Waals surface area contributed by atoms with Crippen molar-refractivity contribution in [3.05, 3.63) is 77.6 Å². The predicted molar refractivity (Wildman–Crippen MR) is 91.7 cm³/mol. The second-order valence-electron chi connectivity index (χ2n) is 6.18. The van der Waals surface area contributed by atoms with E-state index < -0.39 is 0 Å². The van der Waals surface area contributed by atoms with Crippen LogP contribution in [-0.4, -0.2) is 20.4 Å². The van der Waals surface area contributed by atoms with Crippen LogP contribution < -0.4 is 5.32 Å². The minimum Gasteiger partial charge on any atom is -0.356 e. The molecule has 3 aromatic rings. The molecule has 0 saturated carbocycles. The molecule has 0 spiro atoms. The lowest BCUT2D eigenvalue weighted by Crippen LogP contribution is -2.37. The molecule has 1 aromatic carbocycles. The second kappa shape index (κ2) is 6.29. The Morgan fingerprint density at radius 1 is 1.40 bits per heavy atom. The average molecular weight is 331 g/mol. The Morgan fingerprint density at radius 3 is 3.04 bits per heavy atom. The normalized spacial score (nSPS) is 19.0. The highest BCUT2D eigenvalue weighted by Crippen LogP contribution is 2.37. The van der Waals surface area contributed by atoms with Gasteiger partial charge in [0.1, 0.15) is 11.8 Å². The van der Waals surface area contributed by atoms with Gasteiger partial charge in [0.15, 0.2) is 0 Å². The lowest BCUT2D eigenvalue weighted by atomic mass is 9.83. The monoisotopic (exact) mass is 331 g/mol. The number of carbonyl (C=O) groups is 1. The Bertz CT molecular complexity index is 935. The SMILES string of the molecule is N#Cc1c[nH]c(C(=O)N[C@@H]2c3ccccc3CC[C@@H]2n2ccnc2)c1. The van der Waals surface area contributed by atoms with Crippen LogP contribution >= 0.6 is 0 Å². The van der Waals surface area contributed by atoms with Crippen molar-refractivity contribution in [2.24, 2.45) is 0 Å². The molecular weight excluding hydrogens is 314 g/mol. The van der Waals surface area contributed by atoms with Crippen LogP contribution in [0, 0.1) is 11.3 Å². The number of nitrogens with zero attached hydrogens (tertiary/aromatic N) is 3. The van der Waals surface area contributed by atoms with E-state index in [0.717, 1.165) is 18.4 Å². The van der Waals surface area contributed by atoms with Crippen molar-refractivity contribution in [2.75, 3.05) is 0 Å². The van der Waals surface area contributed by atoms with Gasteiger partial charge in [-0.3, -0.25) is 4.79 Å². The molecule has 0 unspecified atom stereocenters. The number of imidazole rings is 1. The van der Waals surface area contributed by atoms with Crippen LogP contribution in [0.4, 0.5) is 0 Å². The Kier molecular flexibility index (Phi) is 3.82. The smallest absolute Gasteiger partial charge is 0.268 e. The topological polar surface area (TPSA) is 86.5 Å². The number of H-pyrrole nitrogens is 1. The minimum atomic E-state index is -0.215. The number of nitriles is 1. The first-order chi connectivity index (χ1) is 12.3. The maximum Gasteiger partial charge on any atom is 0.268 e. The number of aryl methyl sites for hydroxylation is 1. The summed E-state index contributed by atoms with van der Waals surface area (Å²) >= 11 is 0. The molecule has 2 aromatic heterocycles. The molecule has 0 fully saturated rings. The van der Waals surface area contributed by atoms with Crippen LogP contribution in [-0.2, 0) is 6.42 Å². The van der Waals surface area contributed by atoms with Gasteiger partial charge in [-0.1, -0.05) is 24.3 Å². The Labute approximate surface area is 145 Å². The fourth-order valence-corrected chi connectivity index (χ4v) is 3.51. The van der Waals surface area contributed by atoms with Crippen LogP contribution in [0.25, 0.3) is 0 Å². The molecule has 6 heteroatoms. The fourth-order valence-electron chi connectivity index (χ4n) is 3.51. The van der Waals surface area contributed by atoms with Crippen LogP contribution in [0.2, 0.25) is 0 Å². The number of benzene rings is 1. The van der Waals surface area contributed by atoms with E-state index in [-0.39, 0.29) is 18.0 Å². The van der Waals surface area contributed by atoms with Gasteiger partial charge in [0.05, 0.1) is 24.0 Å². The number of fused-ring (bicyclic) bond motifs is 1. The molecule has 124 valence electrons. The lowest BCUT2D eigenvalue weighted by Gasteiger charge is -2.34. The summed E-state index contributed by atoms with van der Waals surface area (Å²) < 4.78 is 2.05. The molecule has 0 bridgehead atoms. The minimum absolute atomic E-state index is 0.103. The van der Waals surface area contributed by atoms with Crippen molar-refractivity contribution in [3.8, 4) is 6.07 Å². The van der Waals surface area contributed by atoms with Gasteiger partial charge in [-0.05, 0) is 30.0 Å². The van der Waals surface area contributed by atoms with E-state index in [1.807, 2.05) is 24.4 Å². The molecule has 6 nitrogen and oxygen atoms in total. The van der Waals surface area contributed by atoms with E-state index in [1.54, 1.807) is 18.6 Å². The third-order valence-electron chi connectivity index (χ3n) is 4.74. The predicted octanol–water partition coefficient (Wildman–Crippen LogP) is 2.74. The third kappa shape index (κ3) is 2.81. The molecule has 0 radical (unpaired) electrons. The summed E-state index contributed by atoms with van der Waals surface area (Å²) in [6, 6.07) is 11.8. The van der Waals surface area contributed by atoms with Crippen molar-refractivity contribution < 1.29 is 4.79 Å². The van der Waals surface area contributed by atoms with Gasteiger partial charge in [-0.25, -0.2) is 4.98 Å². The molecular formula is C19H17N5O. The summed E-state index contributed by atoms with van der Waals surface area (Å²) in [5.41, 5.74) is 3.23. The van der Waals surface area contributed by atoms with Gasteiger partial charge in [0.2, 0.25) is 0 Å². The molecule has 1 aliphatic rings. The Hall–Kier alpha value is -3.33. The van der Waals surface area contributed by atoms with Gasteiger partial charge < -0.3 is 14.9 Å². The highest BCUT2D eigenvalue weighted by atomic mass is 16.2. The number of hydrogen-bond donors (Lipinski definition) is 2. The van der Waals surface area contributed by atoms with E-state index in [2.05, 4.69) is 32.0 Å². The number of carbonyl (C=O) groups excluding carboxylic acids is 1. The Morgan fingerprint density at radius 2 is 2.28 bits per heavy atom. The third-order valence-corrected chi connectivity index (χ3v) is 4.74. The molecule has 2 atom stereocenters. The zero-order valence-electron chi connectivity index (χ0n) is 13.5. The highest BCUT2D eigenvalue weighted by molar-refractivity contribution is 5.93. The largest absolute Gasteiger partial charge is 0.356 e. The van der Waals surface area contributed by atoms with Crippen molar-refractivity contribution in [3.63, 3.8) is 0 Å². The number of amides is 1. The molecule has 0 saturated heterocycles. The summed E-state index contributed by atoms with van der Waals surface area (Å²) in [6.45, 7) is 0. The summed E-state index contributed by atoms with van der Waals surface area (Å²) in [6.07, 6.45) is 8.90. The lowest BCUT2D eigenvalue weighted by molar-refractivity contribution is 0.0913. The number of rotatable bonds is 3. The van der Waals surface area contributed by atoms with E-state index in [1.165, 1.54) is 11.8 Å². The summed E-state index contributed by atoms with van der Waals surface area (Å²) in [4.78, 5) is 19.7. The first-order valence-corrected chi connectivity index (χ1v) is 8.21. The number of nitrogens with one attached hydrogen (secondary N) is 2. The second-order valence-corrected chi connectivity index (χ2v) is 6.18. The first kappa shape index (κ1) is 15.2. The fraction of sp³-hybridized carbons (Fsp3) is 0.211. The molecule has 1 aliphatic carbocycles. The molecule has 25 heavy (non-hydrogen) atoms. The van der Waals surface area contributed by atoms with Crippen LogP contribution in [0.5, 0.6) is 0 Å². The Balaban J connectivity index is 1.67. The van der Waals surface area contributed by atoms with E-state index in [9.17, 15) is 4.79 Å². The number of hydrogen-bond acceptors (Lipinski definition) is 3. The average Bonchev–Trinajstić information content (AvgIpc) is 3.33. The summed E-state index contributed by atoms with van der Waals surface area (Å²) in [5.74, 6) is -0.215. The van der Waals surface area contributed by atoms with Crippen LogP contribution in [0.3, 0.4) is 0 Å². The molecule has 2 N–H and O–H groups in total.